The molecule has 0 radical (unpaired) electrons. The van der Waals surface area contributed by atoms with Gasteiger partial charge in [0.1, 0.15) is 6.54 Å². The summed E-state index contributed by atoms with van der Waals surface area (Å²) in [5, 5.41) is 2.74. The van der Waals surface area contributed by atoms with Crippen LogP contribution in [0.1, 0.15) is 41.1 Å². The van der Waals surface area contributed by atoms with Crippen molar-refractivity contribution >= 4 is 46.4 Å². The first-order valence-electron chi connectivity index (χ1n) is 12.0. The second-order valence-electron chi connectivity index (χ2n) is 8.68. The van der Waals surface area contributed by atoms with E-state index < -0.39 is 0 Å². The normalized spacial score (nSPS) is 11.6. The van der Waals surface area contributed by atoms with Gasteiger partial charge < -0.3 is 19.3 Å². The van der Waals surface area contributed by atoms with Gasteiger partial charge in [-0.25, -0.2) is 0 Å². The van der Waals surface area contributed by atoms with Crippen molar-refractivity contribution in [1.29, 1.82) is 0 Å². The number of carbonyl (C=O) groups is 2. The molecule has 0 aliphatic heterocycles. The second kappa shape index (κ2) is 13.7. The highest BCUT2D eigenvalue weighted by molar-refractivity contribution is 7.09. The van der Waals surface area contributed by atoms with Crippen molar-refractivity contribution in [2.75, 3.05) is 27.3 Å². The van der Waals surface area contributed by atoms with E-state index in [1.165, 1.54) is 0 Å². The van der Waals surface area contributed by atoms with Gasteiger partial charge in [-0.1, -0.05) is 42.3 Å². The fourth-order valence-electron chi connectivity index (χ4n) is 3.92. The van der Waals surface area contributed by atoms with Gasteiger partial charge in [-0.2, -0.15) is 0 Å². The third kappa shape index (κ3) is 7.87. The first kappa shape index (κ1) is 28.8. The number of methoxy groups -OCH3 is 2. The molecule has 0 spiro atoms. The van der Waals surface area contributed by atoms with E-state index in [4.69, 9.17) is 32.7 Å². The summed E-state index contributed by atoms with van der Waals surface area (Å²) in [5.74, 6) is 0.894. The molecule has 1 heterocycles. The van der Waals surface area contributed by atoms with Crippen LogP contribution in [0, 0.1) is 0 Å². The number of hydrogen-bond donors (Lipinski definition) is 0. The molecule has 198 valence electrons. The van der Waals surface area contributed by atoms with Crippen LogP contribution < -0.4 is 9.47 Å². The Hall–Kier alpha value is -2.74. The molecule has 0 bridgehead atoms. The van der Waals surface area contributed by atoms with E-state index in [1.54, 1.807) is 53.6 Å². The van der Waals surface area contributed by atoms with Gasteiger partial charge in [0.2, 0.25) is 5.91 Å². The van der Waals surface area contributed by atoms with Crippen molar-refractivity contribution in [1.82, 2.24) is 9.80 Å². The fourth-order valence-corrected chi connectivity index (χ4v) is 5.17. The predicted molar refractivity (Wildman–Crippen MR) is 150 cm³/mol. The molecule has 6 nitrogen and oxygen atoms in total. The fraction of sp³-hybridized carbons (Fsp3) is 0.357. The minimum absolute atomic E-state index is 0.0463. The van der Waals surface area contributed by atoms with E-state index >= 15 is 0 Å². The van der Waals surface area contributed by atoms with Crippen LogP contribution in [-0.4, -0.2) is 55.0 Å². The average molecular weight is 564 g/mol. The standard InChI is InChI=1S/C28H32Cl2N2O4S/c1-5-19(2)32(28(34)21-14-22(29)16-23(30)15-21)18-27(33)31(17-24-7-6-12-37-24)11-10-20-8-9-25(35-3)26(13-20)36-4/h6-9,12-16,19H,5,10-11,17-18H2,1-4H3. The second-order valence-corrected chi connectivity index (χ2v) is 10.6. The maximum atomic E-state index is 13.7. The summed E-state index contributed by atoms with van der Waals surface area (Å²) < 4.78 is 10.8. The topological polar surface area (TPSA) is 59.1 Å². The molecule has 0 aliphatic rings. The highest BCUT2D eigenvalue weighted by atomic mass is 35.5. The molecule has 0 saturated heterocycles. The summed E-state index contributed by atoms with van der Waals surface area (Å²) in [6, 6.07) is 14.3. The third-order valence-corrected chi connectivity index (χ3v) is 7.49. The summed E-state index contributed by atoms with van der Waals surface area (Å²) >= 11 is 13.9. The zero-order chi connectivity index (χ0) is 26.9. The summed E-state index contributed by atoms with van der Waals surface area (Å²) in [5.41, 5.74) is 1.38. The van der Waals surface area contributed by atoms with Gasteiger partial charge in [0.25, 0.3) is 5.91 Å². The van der Waals surface area contributed by atoms with Gasteiger partial charge in [0.05, 0.1) is 20.8 Å². The number of amides is 2. The number of hydrogen-bond acceptors (Lipinski definition) is 5. The number of carbonyl (C=O) groups excluding carboxylic acids is 2. The largest absolute Gasteiger partial charge is 0.493 e. The summed E-state index contributed by atoms with van der Waals surface area (Å²) in [6.45, 7) is 4.83. The lowest BCUT2D eigenvalue weighted by Gasteiger charge is -2.31. The lowest BCUT2D eigenvalue weighted by molar-refractivity contribution is -0.132. The van der Waals surface area contributed by atoms with Gasteiger partial charge in [0.15, 0.2) is 11.5 Å². The Morgan fingerprint density at radius 2 is 1.70 bits per heavy atom. The van der Waals surface area contributed by atoms with Gasteiger partial charge >= 0.3 is 0 Å². The smallest absolute Gasteiger partial charge is 0.254 e. The van der Waals surface area contributed by atoms with Crippen LogP contribution in [-0.2, 0) is 17.8 Å². The average Bonchev–Trinajstić information content (AvgIpc) is 3.41. The van der Waals surface area contributed by atoms with E-state index in [1.807, 2.05) is 49.6 Å². The van der Waals surface area contributed by atoms with Crippen LogP contribution in [0.4, 0.5) is 0 Å². The van der Waals surface area contributed by atoms with Gasteiger partial charge in [-0.15, -0.1) is 11.3 Å². The summed E-state index contributed by atoms with van der Waals surface area (Å²) in [7, 11) is 3.20. The number of nitrogens with zero attached hydrogens (tertiary/aromatic N) is 2. The third-order valence-electron chi connectivity index (χ3n) is 6.20. The quantitative estimate of drug-likeness (QED) is 0.250. The van der Waals surface area contributed by atoms with Crippen LogP contribution in [0.5, 0.6) is 11.5 Å². The highest BCUT2D eigenvalue weighted by Crippen LogP contribution is 2.28. The van der Waals surface area contributed by atoms with Crippen LogP contribution in [0.2, 0.25) is 10.0 Å². The molecule has 1 aromatic heterocycles. The number of benzene rings is 2. The Morgan fingerprint density at radius 3 is 2.30 bits per heavy atom. The molecule has 1 atom stereocenters. The monoisotopic (exact) mass is 562 g/mol. The SMILES string of the molecule is CCC(C)N(CC(=O)N(CCc1ccc(OC)c(OC)c1)Cc1cccs1)C(=O)c1cc(Cl)cc(Cl)c1. The van der Waals surface area contributed by atoms with Crippen LogP contribution in [0.15, 0.2) is 53.9 Å². The predicted octanol–water partition coefficient (Wildman–Crippen LogP) is 6.58. The molecule has 0 aliphatic carbocycles. The van der Waals surface area contributed by atoms with Gasteiger partial charge in [-0.05, 0) is 67.1 Å². The Morgan fingerprint density at radius 1 is 1.00 bits per heavy atom. The van der Waals surface area contributed by atoms with E-state index in [0.29, 0.717) is 53.0 Å². The Bertz CT molecular complexity index is 1180. The van der Waals surface area contributed by atoms with Gasteiger partial charge in [0, 0.05) is 33.1 Å². The molecule has 1 unspecified atom stereocenters. The first-order valence-corrected chi connectivity index (χ1v) is 13.7. The van der Waals surface area contributed by atoms with Gasteiger partial charge in [-0.3, -0.25) is 9.59 Å². The van der Waals surface area contributed by atoms with Crippen molar-refractivity contribution in [3.05, 3.63) is 80.0 Å². The van der Waals surface area contributed by atoms with Crippen molar-refractivity contribution < 1.29 is 19.1 Å². The number of halogens is 2. The van der Waals surface area contributed by atoms with Crippen molar-refractivity contribution in [2.24, 2.45) is 0 Å². The van der Waals surface area contributed by atoms with Crippen molar-refractivity contribution in [3.8, 4) is 11.5 Å². The van der Waals surface area contributed by atoms with Crippen LogP contribution in [0.25, 0.3) is 0 Å². The molecule has 0 fully saturated rings. The molecule has 37 heavy (non-hydrogen) atoms. The van der Waals surface area contributed by atoms with E-state index in [-0.39, 0.29) is 24.4 Å². The van der Waals surface area contributed by atoms with E-state index in [0.717, 1.165) is 10.4 Å². The highest BCUT2D eigenvalue weighted by Gasteiger charge is 2.26. The molecule has 2 amide bonds. The molecule has 2 aromatic carbocycles. The number of thiophene rings is 1. The van der Waals surface area contributed by atoms with Crippen molar-refractivity contribution in [2.45, 2.75) is 39.3 Å². The zero-order valence-electron chi connectivity index (χ0n) is 21.5. The summed E-state index contributed by atoms with van der Waals surface area (Å²) in [4.78, 5) is 31.6. The Labute approximate surface area is 232 Å². The first-order chi connectivity index (χ1) is 17.7. The molecular formula is C28H32Cl2N2O4S. The minimum atomic E-state index is -0.275. The summed E-state index contributed by atoms with van der Waals surface area (Å²) in [6.07, 6.45) is 1.32. The molecule has 3 rings (SSSR count). The van der Waals surface area contributed by atoms with E-state index in [9.17, 15) is 9.59 Å². The lowest BCUT2D eigenvalue weighted by atomic mass is 10.1. The van der Waals surface area contributed by atoms with Crippen molar-refractivity contribution in [3.63, 3.8) is 0 Å². The van der Waals surface area contributed by atoms with Crippen LogP contribution >= 0.6 is 34.5 Å². The van der Waals surface area contributed by atoms with E-state index in [2.05, 4.69) is 0 Å². The number of ether oxygens (including phenoxy) is 2. The molecular weight excluding hydrogens is 531 g/mol. The molecule has 0 N–H and O–H groups in total. The molecule has 3 aromatic rings. The minimum Gasteiger partial charge on any atom is -0.493 e. The zero-order valence-corrected chi connectivity index (χ0v) is 23.8. The maximum absolute atomic E-state index is 13.7. The maximum Gasteiger partial charge on any atom is 0.254 e. The van der Waals surface area contributed by atoms with Crippen LogP contribution in [0.3, 0.4) is 0 Å². The molecule has 0 saturated carbocycles. The molecule has 9 heteroatoms. The lowest BCUT2D eigenvalue weighted by Crippen LogP contribution is -2.46. The number of rotatable bonds is 12. The Kier molecular flexibility index (Phi) is 10.7. The Balaban J connectivity index is 1.82.